The molecule has 1 heterocycles. The van der Waals surface area contributed by atoms with Crippen LogP contribution in [0.15, 0.2) is 24.3 Å². The number of rotatable bonds is 3. The van der Waals surface area contributed by atoms with Crippen LogP contribution in [-0.2, 0) is 16.0 Å². The first kappa shape index (κ1) is 11.4. The van der Waals surface area contributed by atoms with E-state index >= 15 is 0 Å². The van der Waals surface area contributed by atoms with Gasteiger partial charge in [0.2, 0.25) is 5.91 Å². The Morgan fingerprint density at radius 2 is 2.12 bits per heavy atom. The molecule has 0 bridgehead atoms. The van der Waals surface area contributed by atoms with Gasteiger partial charge in [0.15, 0.2) is 0 Å². The summed E-state index contributed by atoms with van der Waals surface area (Å²) in [7, 11) is 0. The van der Waals surface area contributed by atoms with E-state index in [1.807, 2.05) is 24.3 Å². The summed E-state index contributed by atoms with van der Waals surface area (Å²) in [6.07, 6.45) is 0.501. The molecule has 0 saturated carbocycles. The minimum atomic E-state index is -0.839. The lowest BCUT2D eigenvalue weighted by atomic mass is 9.92. The lowest BCUT2D eigenvalue weighted by Crippen LogP contribution is -2.43. The number of hydrogen-bond donors (Lipinski definition) is 2. The summed E-state index contributed by atoms with van der Waals surface area (Å²) in [5, 5.41) is 9.07. The van der Waals surface area contributed by atoms with Crippen molar-refractivity contribution in [2.75, 3.05) is 18.0 Å². The summed E-state index contributed by atoms with van der Waals surface area (Å²) < 4.78 is 0. The number of nitrogens with two attached hydrogens (primary N) is 1. The van der Waals surface area contributed by atoms with Crippen LogP contribution >= 0.6 is 0 Å². The molecule has 2 rings (SSSR count). The zero-order chi connectivity index (χ0) is 12.4. The normalized spacial score (nSPS) is 18.6. The highest BCUT2D eigenvalue weighted by Crippen LogP contribution is 2.29. The molecule has 1 aliphatic rings. The molecule has 0 aliphatic carbocycles. The molecule has 1 unspecified atom stereocenters. The summed E-state index contributed by atoms with van der Waals surface area (Å²) in [5.41, 5.74) is 7.03. The van der Waals surface area contributed by atoms with E-state index in [4.69, 9.17) is 10.8 Å². The summed E-state index contributed by atoms with van der Waals surface area (Å²) in [5.74, 6) is -1.77. The number of aliphatic carboxylic acids is 1. The SMILES string of the molecule is NC(=O)CN1CC(C(=O)O)Cc2ccccc21. The number of para-hydroxylation sites is 1. The number of hydrogen-bond acceptors (Lipinski definition) is 3. The van der Waals surface area contributed by atoms with Crippen molar-refractivity contribution in [2.24, 2.45) is 11.7 Å². The third kappa shape index (κ3) is 2.38. The highest BCUT2D eigenvalue weighted by molar-refractivity contribution is 5.81. The number of carbonyl (C=O) groups excluding carboxylic acids is 1. The van der Waals surface area contributed by atoms with Crippen LogP contribution in [0.25, 0.3) is 0 Å². The first-order valence-corrected chi connectivity index (χ1v) is 5.42. The lowest BCUT2D eigenvalue weighted by molar-refractivity contribution is -0.141. The van der Waals surface area contributed by atoms with Gasteiger partial charge in [0.05, 0.1) is 12.5 Å². The van der Waals surface area contributed by atoms with Gasteiger partial charge in [-0.25, -0.2) is 0 Å². The lowest BCUT2D eigenvalue weighted by Gasteiger charge is -2.33. The average Bonchev–Trinajstić information content (AvgIpc) is 2.28. The maximum atomic E-state index is 11.1. The van der Waals surface area contributed by atoms with E-state index in [1.165, 1.54) is 0 Å². The predicted octanol–water partition coefficient (Wildman–Crippen LogP) is 0.235. The maximum absolute atomic E-state index is 11.1. The Hall–Kier alpha value is -2.04. The van der Waals surface area contributed by atoms with E-state index in [-0.39, 0.29) is 6.54 Å². The van der Waals surface area contributed by atoms with Crippen molar-refractivity contribution in [2.45, 2.75) is 6.42 Å². The highest BCUT2D eigenvalue weighted by Gasteiger charge is 2.29. The van der Waals surface area contributed by atoms with Crippen LogP contribution in [0.3, 0.4) is 0 Å². The van der Waals surface area contributed by atoms with Crippen LogP contribution in [0.2, 0.25) is 0 Å². The summed E-state index contributed by atoms with van der Waals surface area (Å²) in [4.78, 5) is 23.8. The molecular weight excluding hydrogens is 220 g/mol. The third-order valence-electron chi connectivity index (χ3n) is 2.94. The highest BCUT2D eigenvalue weighted by atomic mass is 16.4. The Kier molecular flexibility index (Phi) is 2.99. The molecule has 1 aliphatic heterocycles. The minimum absolute atomic E-state index is 0.0563. The Morgan fingerprint density at radius 1 is 1.41 bits per heavy atom. The van der Waals surface area contributed by atoms with Gasteiger partial charge in [-0.15, -0.1) is 0 Å². The molecule has 0 spiro atoms. The van der Waals surface area contributed by atoms with Crippen LogP contribution < -0.4 is 10.6 Å². The Balaban J connectivity index is 2.32. The number of carbonyl (C=O) groups is 2. The van der Waals surface area contributed by atoms with E-state index in [0.717, 1.165) is 11.3 Å². The molecule has 17 heavy (non-hydrogen) atoms. The van der Waals surface area contributed by atoms with Gasteiger partial charge >= 0.3 is 5.97 Å². The fourth-order valence-corrected chi connectivity index (χ4v) is 2.19. The van der Waals surface area contributed by atoms with Crippen molar-refractivity contribution in [3.05, 3.63) is 29.8 Å². The molecule has 5 heteroatoms. The standard InChI is InChI=1S/C12H14N2O3/c13-11(15)7-14-6-9(12(16)17)5-8-3-1-2-4-10(8)14/h1-4,9H,5-7H2,(H2,13,15)(H,16,17). The second-order valence-electron chi connectivity index (χ2n) is 4.21. The van der Waals surface area contributed by atoms with Crippen LogP contribution in [0, 0.1) is 5.92 Å². The van der Waals surface area contributed by atoms with Crippen molar-refractivity contribution >= 4 is 17.6 Å². The van der Waals surface area contributed by atoms with E-state index in [1.54, 1.807) is 4.90 Å². The number of benzene rings is 1. The predicted molar refractivity (Wildman–Crippen MR) is 62.7 cm³/mol. The van der Waals surface area contributed by atoms with E-state index in [0.29, 0.717) is 13.0 Å². The van der Waals surface area contributed by atoms with Gasteiger partial charge in [0.1, 0.15) is 0 Å². The fourth-order valence-electron chi connectivity index (χ4n) is 2.19. The number of primary amides is 1. The Bertz CT molecular complexity index is 459. The second-order valence-corrected chi connectivity index (χ2v) is 4.21. The number of amides is 1. The molecule has 0 fully saturated rings. The van der Waals surface area contributed by atoms with Crippen LogP contribution in [0.5, 0.6) is 0 Å². The molecule has 90 valence electrons. The summed E-state index contributed by atoms with van der Waals surface area (Å²) in [6.45, 7) is 0.385. The molecule has 1 aromatic rings. The van der Waals surface area contributed by atoms with Crippen LogP contribution in [0.1, 0.15) is 5.56 Å². The zero-order valence-electron chi connectivity index (χ0n) is 9.30. The largest absolute Gasteiger partial charge is 0.481 e. The Labute approximate surface area is 98.8 Å². The van der Waals surface area contributed by atoms with Crippen molar-refractivity contribution in [1.29, 1.82) is 0 Å². The summed E-state index contributed by atoms with van der Waals surface area (Å²) >= 11 is 0. The van der Waals surface area contributed by atoms with Crippen molar-refractivity contribution in [3.8, 4) is 0 Å². The van der Waals surface area contributed by atoms with E-state index in [2.05, 4.69) is 0 Å². The number of nitrogens with zero attached hydrogens (tertiary/aromatic N) is 1. The maximum Gasteiger partial charge on any atom is 0.308 e. The Morgan fingerprint density at radius 3 is 2.76 bits per heavy atom. The molecule has 1 atom stereocenters. The molecular formula is C12H14N2O3. The molecule has 5 nitrogen and oxygen atoms in total. The molecule has 3 N–H and O–H groups in total. The average molecular weight is 234 g/mol. The topological polar surface area (TPSA) is 83.6 Å². The number of fused-ring (bicyclic) bond motifs is 1. The number of carboxylic acid groups (broad SMARTS) is 1. The van der Waals surface area contributed by atoms with Crippen molar-refractivity contribution in [3.63, 3.8) is 0 Å². The first-order chi connectivity index (χ1) is 8.08. The van der Waals surface area contributed by atoms with Gasteiger partial charge < -0.3 is 15.7 Å². The van der Waals surface area contributed by atoms with Crippen LogP contribution in [-0.4, -0.2) is 30.1 Å². The summed E-state index contributed by atoms with van der Waals surface area (Å²) in [6, 6.07) is 7.51. The van der Waals surface area contributed by atoms with Gasteiger partial charge in [-0.05, 0) is 18.1 Å². The fraction of sp³-hybridized carbons (Fsp3) is 0.333. The number of carboxylic acids is 1. The van der Waals surface area contributed by atoms with E-state index < -0.39 is 17.8 Å². The van der Waals surface area contributed by atoms with Gasteiger partial charge in [-0.1, -0.05) is 18.2 Å². The second kappa shape index (κ2) is 4.45. The molecule has 1 aromatic carbocycles. The van der Waals surface area contributed by atoms with Crippen LogP contribution in [0.4, 0.5) is 5.69 Å². The van der Waals surface area contributed by atoms with Gasteiger partial charge in [-0.3, -0.25) is 9.59 Å². The smallest absolute Gasteiger partial charge is 0.308 e. The van der Waals surface area contributed by atoms with Gasteiger partial charge in [0, 0.05) is 12.2 Å². The van der Waals surface area contributed by atoms with Crippen molar-refractivity contribution < 1.29 is 14.7 Å². The molecule has 0 saturated heterocycles. The molecule has 0 radical (unpaired) electrons. The van der Waals surface area contributed by atoms with Gasteiger partial charge in [-0.2, -0.15) is 0 Å². The minimum Gasteiger partial charge on any atom is -0.481 e. The van der Waals surface area contributed by atoms with E-state index in [9.17, 15) is 9.59 Å². The quantitative estimate of drug-likeness (QED) is 0.784. The monoisotopic (exact) mass is 234 g/mol. The molecule has 0 aromatic heterocycles. The number of anilines is 1. The van der Waals surface area contributed by atoms with Gasteiger partial charge in [0.25, 0.3) is 0 Å². The zero-order valence-corrected chi connectivity index (χ0v) is 9.30. The van der Waals surface area contributed by atoms with Crippen molar-refractivity contribution in [1.82, 2.24) is 0 Å². The first-order valence-electron chi connectivity index (χ1n) is 5.42. The third-order valence-corrected chi connectivity index (χ3v) is 2.94. The molecule has 1 amide bonds.